The van der Waals surface area contributed by atoms with Gasteiger partial charge in [0.15, 0.2) is 0 Å². The van der Waals surface area contributed by atoms with Crippen LogP contribution in [0, 0.1) is 5.82 Å². The van der Waals surface area contributed by atoms with Crippen LogP contribution in [0.3, 0.4) is 0 Å². The lowest BCUT2D eigenvalue weighted by atomic mass is 10.1. The number of hydrogen-bond donors (Lipinski definition) is 2. The van der Waals surface area contributed by atoms with E-state index in [0.29, 0.717) is 0 Å². The smallest absolute Gasteiger partial charge is 0.123 e. The Morgan fingerprint density at radius 1 is 0.933 bits per heavy atom. The highest BCUT2D eigenvalue weighted by atomic mass is 19.1. The number of rotatable bonds is 0. The van der Waals surface area contributed by atoms with Crippen molar-refractivity contribution in [2.24, 2.45) is 0 Å². The Hall–Kier alpha value is -2.03. The predicted octanol–water partition coefficient (Wildman–Crippen LogP) is 3.17. The molecule has 0 aliphatic carbocycles. The van der Waals surface area contributed by atoms with Crippen molar-refractivity contribution in [2.45, 2.75) is 0 Å². The van der Waals surface area contributed by atoms with Gasteiger partial charge in [-0.15, -0.1) is 0 Å². The number of hydrogen-bond acceptors (Lipinski definition) is 1. The second-order valence-electron chi connectivity index (χ2n) is 3.54. The topological polar surface area (TPSA) is 36.0 Å². The number of aromatic hydroxyl groups is 1. The first-order valence-corrected chi connectivity index (χ1v) is 4.64. The van der Waals surface area contributed by atoms with Crippen molar-refractivity contribution in [3.05, 3.63) is 42.2 Å². The van der Waals surface area contributed by atoms with Crippen LogP contribution in [-0.4, -0.2) is 10.1 Å². The Morgan fingerprint density at radius 3 is 2.40 bits per heavy atom. The predicted molar refractivity (Wildman–Crippen MR) is 57.4 cm³/mol. The average Bonchev–Trinajstić information content (AvgIpc) is 2.56. The highest BCUT2D eigenvalue weighted by Gasteiger charge is 2.05. The molecular weight excluding hydrogens is 193 g/mol. The van der Waals surface area contributed by atoms with E-state index in [0.717, 1.165) is 21.8 Å². The third-order valence-electron chi connectivity index (χ3n) is 2.54. The normalized spacial score (nSPS) is 11.3. The zero-order valence-electron chi connectivity index (χ0n) is 7.79. The van der Waals surface area contributed by atoms with Crippen LogP contribution in [0.1, 0.15) is 0 Å². The van der Waals surface area contributed by atoms with Gasteiger partial charge in [0.05, 0.1) is 0 Å². The molecular formula is C12H8FNO. The second kappa shape index (κ2) is 2.73. The van der Waals surface area contributed by atoms with E-state index in [9.17, 15) is 9.50 Å². The van der Waals surface area contributed by atoms with Gasteiger partial charge in [-0.3, -0.25) is 0 Å². The van der Waals surface area contributed by atoms with E-state index in [2.05, 4.69) is 4.98 Å². The van der Waals surface area contributed by atoms with Crippen molar-refractivity contribution in [1.82, 2.24) is 4.98 Å². The molecule has 0 bridgehead atoms. The summed E-state index contributed by atoms with van der Waals surface area (Å²) >= 11 is 0. The van der Waals surface area contributed by atoms with Gasteiger partial charge in [0.1, 0.15) is 11.6 Å². The molecule has 0 radical (unpaired) electrons. The van der Waals surface area contributed by atoms with Crippen molar-refractivity contribution >= 4 is 21.8 Å². The van der Waals surface area contributed by atoms with Crippen LogP contribution in [0.15, 0.2) is 36.4 Å². The molecule has 0 amide bonds. The standard InChI is InChI=1S/C12H8FNO/c13-7-1-3-11-9(5-7)10-6-8(15)2-4-12(10)14-11/h1-6,14-15H. The minimum atomic E-state index is -0.272. The van der Waals surface area contributed by atoms with Gasteiger partial charge in [-0.1, -0.05) is 0 Å². The number of fused-ring (bicyclic) bond motifs is 3. The lowest BCUT2D eigenvalue weighted by Gasteiger charge is -1.92. The van der Waals surface area contributed by atoms with Crippen LogP contribution in [0.4, 0.5) is 4.39 Å². The fourth-order valence-electron chi connectivity index (χ4n) is 1.86. The van der Waals surface area contributed by atoms with Crippen LogP contribution in [0.2, 0.25) is 0 Å². The number of aromatic amines is 1. The molecule has 3 heteroatoms. The lowest BCUT2D eigenvalue weighted by Crippen LogP contribution is -1.71. The van der Waals surface area contributed by atoms with Crippen molar-refractivity contribution in [3.63, 3.8) is 0 Å². The summed E-state index contributed by atoms with van der Waals surface area (Å²) in [6.07, 6.45) is 0. The number of phenols is 1. The van der Waals surface area contributed by atoms with E-state index in [1.165, 1.54) is 12.1 Å². The number of nitrogens with one attached hydrogen (secondary N) is 1. The van der Waals surface area contributed by atoms with Gasteiger partial charge in [-0.2, -0.15) is 0 Å². The summed E-state index contributed by atoms with van der Waals surface area (Å²) < 4.78 is 13.1. The molecule has 74 valence electrons. The van der Waals surface area contributed by atoms with E-state index in [1.54, 1.807) is 24.3 Å². The molecule has 3 rings (SSSR count). The van der Waals surface area contributed by atoms with E-state index >= 15 is 0 Å². The average molecular weight is 201 g/mol. The van der Waals surface area contributed by atoms with Gasteiger partial charge >= 0.3 is 0 Å². The van der Waals surface area contributed by atoms with Crippen LogP contribution in [0.5, 0.6) is 5.75 Å². The van der Waals surface area contributed by atoms with Gasteiger partial charge in [-0.05, 0) is 36.4 Å². The SMILES string of the molecule is Oc1ccc2[nH]c3ccc(F)cc3c2c1. The Kier molecular flexibility index (Phi) is 1.51. The lowest BCUT2D eigenvalue weighted by molar-refractivity contribution is 0.476. The van der Waals surface area contributed by atoms with Gasteiger partial charge in [0, 0.05) is 21.8 Å². The minimum absolute atomic E-state index is 0.188. The van der Waals surface area contributed by atoms with E-state index < -0.39 is 0 Å². The van der Waals surface area contributed by atoms with E-state index in [4.69, 9.17) is 0 Å². The maximum atomic E-state index is 13.1. The van der Waals surface area contributed by atoms with Crippen molar-refractivity contribution in [3.8, 4) is 5.75 Å². The van der Waals surface area contributed by atoms with Gasteiger partial charge in [0.2, 0.25) is 0 Å². The first-order valence-electron chi connectivity index (χ1n) is 4.64. The van der Waals surface area contributed by atoms with Crippen molar-refractivity contribution < 1.29 is 9.50 Å². The third kappa shape index (κ3) is 1.16. The number of phenolic OH excluding ortho intramolecular Hbond substituents is 1. The number of benzene rings is 2. The minimum Gasteiger partial charge on any atom is -0.508 e. The quantitative estimate of drug-likeness (QED) is 0.575. The summed E-state index contributed by atoms with van der Waals surface area (Å²) in [4.78, 5) is 3.15. The second-order valence-corrected chi connectivity index (χ2v) is 3.54. The highest BCUT2D eigenvalue weighted by molar-refractivity contribution is 6.07. The largest absolute Gasteiger partial charge is 0.508 e. The monoisotopic (exact) mass is 201 g/mol. The molecule has 1 heterocycles. The molecule has 15 heavy (non-hydrogen) atoms. The molecule has 0 unspecified atom stereocenters. The summed E-state index contributed by atoms with van der Waals surface area (Å²) in [6.45, 7) is 0. The Labute approximate surface area is 85.0 Å². The maximum Gasteiger partial charge on any atom is 0.123 e. The molecule has 0 atom stereocenters. The first kappa shape index (κ1) is 8.29. The van der Waals surface area contributed by atoms with Gasteiger partial charge in [0.25, 0.3) is 0 Å². The van der Waals surface area contributed by atoms with Gasteiger partial charge in [-0.25, -0.2) is 4.39 Å². The molecule has 0 aliphatic heterocycles. The van der Waals surface area contributed by atoms with Crippen LogP contribution in [0.25, 0.3) is 21.8 Å². The molecule has 2 nitrogen and oxygen atoms in total. The molecule has 0 spiro atoms. The summed E-state index contributed by atoms with van der Waals surface area (Å²) in [7, 11) is 0. The molecule has 3 aromatic rings. The highest BCUT2D eigenvalue weighted by Crippen LogP contribution is 2.28. The van der Waals surface area contributed by atoms with Crippen molar-refractivity contribution in [1.29, 1.82) is 0 Å². The van der Waals surface area contributed by atoms with E-state index in [-0.39, 0.29) is 11.6 Å². The van der Waals surface area contributed by atoms with Crippen LogP contribution >= 0.6 is 0 Å². The fraction of sp³-hybridized carbons (Fsp3) is 0. The summed E-state index contributed by atoms with van der Waals surface area (Å²) in [5.74, 6) is -0.0839. The van der Waals surface area contributed by atoms with Crippen LogP contribution < -0.4 is 0 Å². The Morgan fingerprint density at radius 2 is 1.60 bits per heavy atom. The molecule has 2 N–H and O–H groups in total. The summed E-state index contributed by atoms with van der Waals surface area (Å²) in [5.41, 5.74) is 1.77. The molecule has 1 aromatic heterocycles. The van der Waals surface area contributed by atoms with Crippen LogP contribution in [-0.2, 0) is 0 Å². The fourth-order valence-corrected chi connectivity index (χ4v) is 1.86. The van der Waals surface area contributed by atoms with E-state index in [1.807, 2.05) is 0 Å². The first-order chi connectivity index (χ1) is 7.24. The third-order valence-corrected chi connectivity index (χ3v) is 2.54. The number of halogens is 1. The zero-order chi connectivity index (χ0) is 10.4. The Bertz CT molecular complexity index is 601. The summed E-state index contributed by atoms with van der Waals surface area (Å²) in [5, 5.41) is 11.0. The molecule has 0 aliphatic rings. The maximum absolute atomic E-state index is 13.1. The number of aromatic nitrogens is 1. The number of H-pyrrole nitrogens is 1. The molecule has 0 fully saturated rings. The summed E-state index contributed by atoms with van der Waals surface area (Å²) in [6, 6.07) is 9.59. The molecule has 0 saturated heterocycles. The molecule has 0 saturated carbocycles. The Balaban J connectivity index is 2.55. The molecule has 2 aromatic carbocycles. The van der Waals surface area contributed by atoms with Gasteiger partial charge < -0.3 is 10.1 Å². The zero-order valence-corrected chi connectivity index (χ0v) is 7.79. The van der Waals surface area contributed by atoms with Crippen molar-refractivity contribution in [2.75, 3.05) is 0 Å².